The van der Waals surface area contributed by atoms with Crippen LogP contribution >= 0.6 is 18.8 Å². The zero-order chi connectivity index (χ0) is 12.6. The molecule has 7 N–H and O–H groups in total. The topological polar surface area (TPSA) is 162 Å². The Morgan fingerprint density at radius 3 is 2.00 bits per heavy atom. The quantitative estimate of drug-likeness (QED) is 0.491. The molecule has 7 nitrogen and oxygen atoms in total. The summed E-state index contributed by atoms with van der Waals surface area (Å²) in [5.74, 6) is -1.58. The van der Waals surface area contributed by atoms with Gasteiger partial charge in [0, 0.05) is 6.92 Å². The van der Waals surface area contributed by atoms with Gasteiger partial charge in [-0.25, -0.2) is 4.79 Å². The SMILES string of the molecule is CC(=O)Oc1ccccc1C(=O)O.O.[Cl][Pt+2][Cl].[NH2-].[NH2-]. The van der Waals surface area contributed by atoms with Crippen LogP contribution in [0.1, 0.15) is 17.3 Å². The second-order valence-electron chi connectivity index (χ2n) is 2.44. The Kier molecular flexibility index (Phi) is 21.7. The fraction of sp³-hybridized carbons (Fsp3) is 0.111. The van der Waals surface area contributed by atoms with Crippen molar-refractivity contribution in [2.45, 2.75) is 6.92 Å². The molecule has 0 spiro atoms. The molecule has 0 unspecified atom stereocenters. The largest absolute Gasteiger partial charge is 0.693 e. The molecule has 0 saturated heterocycles. The van der Waals surface area contributed by atoms with Gasteiger partial charge in [-0.1, -0.05) is 12.1 Å². The van der Waals surface area contributed by atoms with Crippen molar-refractivity contribution in [1.29, 1.82) is 0 Å². The van der Waals surface area contributed by atoms with E-state index in [9.17, 15) is 9.59 Å². The van der Waals surface area contributed by atoms with Crippen LogP contribution in [-0.4, -0.2) is 22.5 Å². The molecule has 19 heavy (non-hydrogen) atoms. The van der Waals surface area contributed by atoms with Gasteiger partial charge in [-0.2, -0.15) is 0 Å². The Bertz CT molecular complexity index is 381. The van der Waals surface area contributed by atoms with Gasteiger partial charge in [-0.3, -0.25) is 4.79 Å². The number of carbonyl (C=O) groups excluding carboxylic acids is 1. The molecule has 0 amide bonds. The molecule has 0 fully saturated rings. The van der Waals surface area contributed by atoms with Gasteiger partial charge in [0.2, 0.25) is 0 Å². The Balaban J connectivity index is -0.000000172. The maximum Gasteiger partial charge on any atom is -0.693 e. The van der Waals surface area contributed by atoms with Crippen LogP contribution in [0.4, 0.5) is 0 Å². The standard InChI is InChI=1S/C9H8O4.2ClH.2H2N.H2O.Pt/c1-6(10)13-8-5-3-2-4-7(8)9(11)12;;;;;;/h2-5H,1H3,(H,11,12);2*1H;3*1H2;/q;;;2*-1;;+4/p-2. The molecule has 10 heteroatoms. The predicted molar refractivity (Wildman–Crippen MR) is 70.6 cm³/mol. The summed E-state index contributed by atoms with van der Waals surface area (Å²) in [6, 6.07) is 5.98. The Labute approximate surface area is 127 Å². The molecule has 0 aliphatic carbocycles. The molecule has 0 radical (unpaired) electrons. The second kappa shape index (κ2) is 15.4. The molecule has 1 aromatic rings. The summed E-state index contributed by atoms with van der Waals surface area (Å²) in [6.07, 6.45) is 0. The van der Waals surface area contributed by atoms with Crippen molar-refractivity contribution in [1.82, 2.24) is 0 Å². The van der Waals surface area contributed by atoms with Crippen molar-refractivity contribution < 1.29 is 41.4 Å². The number of halogens is 2. The van der Waals surface area contributed by atoms with Crippen molar-refractivity contribution in [3.8, 4) is 5.75 Å². The van der Waals surface area contributed by atoms with E-state index in [1.54, 1.807) is 12.1 Å². The van der Waals surface area contributed by atoms with Gasteiger partial charge < -0.3 is 27.6 Å². The number of benzene rings is 1. The summed E-state index contributed by atoms with van der Waals surface area (Å²) >= 11 is -0.472. The average molecular weight is 496 g/mol. The van der Waals surface area contributed by atoms with Crippen LogP contribution in [0.2, 0.25) is 0 Å². The van der Waals surface area contributed by atoms with E-state index in [0.29, 0.717) is 0 Å². The summed E-state index contributed by atoms with van der Waals surface area (Å²) < 4.78 is 4.69. The van der Waals surface area contributed by atoms with Gasteiger partial charge in [0.15, 0.2) is 0 Å². The molecule has 0 aromatic heterocycles. The number of carboxylic acid groups (broad SMARTS) is 1. The minimum Gasteiger partial charge on any atom is -0.693 e. The summed E-state index contributed by atoms with van der Waals surface area (Å²) in [5.41, 5.74) is -0.0160. The van der Waals surface area contributed by atoms with Crippen molar-refractivity contribution in [2.75, 3.05) is 0 Å². The van der Waals surface area contributed by atoms with E-state index >= 15 is 0 Å². The van der Waals surface area contributed by atoms with E-state index in [4.69, 9.17) is 23.9 Å². The van der Waals surface area contributed by atoms with E-state index in [-0.39, 0.29) is 29.1 Å². The van der Waals surface area contributed by atoms with Gasteiger partial charge in [-0.15, -0.1) is 0 Å². The molecule has 1 aromatic carbocycles. The van der Waals surface area contributed by atoms with Crippen LogP contribution in [0.25, 0.3) is 12.3 Å². The van der Waals surface area contributed by atoms with Crippen molar-refractivity contribution >= 4 is 30.8 Å². The molecular formula is C9H14Cl2N2O5Pt. The fourth-order valence-electron chi connectivity index (χ4n) is 0.887. The number of hydrogen-bond acceptors (Lipinski definition) is 3. The Morgan fingerprint density at radius 1 is 1.21 bits per heavy atom. The molecule has 0 aliphatic heterocycles. The number of carboxylic acids is 1. The van der Waals surface area contributed by atoms with Gasteiger partial charge >= 0.3 is 47.3 Å². The van der Waals surface area contributed by atoms with Gasteiger partial charge in [0.25, 0.3) is 0 Å². The number of hydrogen-bond donors (Lipinski definition) is 1. The summed E-state index contributed by atoms with van der Waals surface area (Å²) in [6.45, 7) is 1.22. The Morgan fingerprint density at radius 2 is 1.63 bits per heavy atom. The molecule has 0 saturated carbocycles. The fourth-order valence-corrected chi connectivity index (χ4v) is 0.887. The van der Waals surface area contributed by atoms with E-state index in [2.05, 4.69) is 4.74 Å². The van der Waals surface area contributed by atoms with E-state index in [1.807, 2.05) is 0 Å². The second-order valence-corrected chi connectivity index (χ2v) is 5.72. The monoisotopic (exact) mass is 495 g/mol. The van der Waals surface area contributed by atoms with Crippen LogP contribution in [0.5, 0.6) is 5.75 Å². The van der Waals surface area contributed by atoms with E-state index in [0.717, 1.165) is 0 Å². The van der Waals surface area contributed by atoms with Crippen LogP contribution in [0.3, 0.4) is 0 Å². The maximum atomic E-state index is 10.6. The normalized spacial score (nSPS) is 7.53. The molecule has 114 valence electrons. The molecule has 0 atom stereocenters. The third-order valence-corrected chi connectivity index (χ3v) is 1.37. The molecule has 1 rings (SSSR count). The predicted octanol–water partition coefficient (Wildman–Crippen LogP) is 3.30. The number of para-hydroxylation sites is 1. The van der Waals surface area contributed by atoms with Crippen LogP contribution in [-0.2, 0) is 21.3 Å². The first-order chi connectivity index (χ1) is 7.52. The van der Waals surface area contributed by atoms with Crippen LogP contribution in [0.15, 0.2) is 24.3 Å². The number of nitrogens with two attached hydrogens (primary N) is 2. The number of esters is 1. The first-order valence-corrected chi connectivity index (χ1v) is 9.49. The zero-order valence-corrected chi connectivity index (χ0v) is 13.5. The summed E-state index contributed by atoms with van der Waals surface area (Å²) in [5, 5.41) is 8.69. The minimum atomic E-state index is -1.11. The van der Waals surface area contributed by atoms with Gasteiger partial charge in [0.1, 0.15) is 11.3 Å². The van der Waals surface area contributed by atoms with Crippen LogP contribution < -0.4 is 4.74 Å². The van der Waals surface area contributed by atoms with E-state index in [1.165, 1.54) is 19.1 Å². The van der Waals surface area contributed by atoms with Gasteiger partial charge in [0.05, 0.1) is 0 Å². The van der Waals surface area contributed by atoms with Crippen molar-refractivity contribution in [3.05, 3.63) is 42.1 Å². The molecular weight excluding hydrogens is 482 g/mol. The average Bonchev–Trinajstić information content (AvgIpc) is 2.18. The number of aromatic carboxylic acids is 1. The van der Waals surface area contributed by atoms with E-state index < -0.39 is 28.4 Å². The number of rotatable bonds is 2. The number of carbonyl (C=O) groups is 2. The first-order valence-electron chi connectivity index (χ1n) is 3.86. The molecule has 0 bridgehead atoms. The minimum absolute atomic E-state index is 0. The maximum absolute atomic E-state index is 10.6. The third kappa shape index (κ3) is 12.1. The molecule has 0 heterocycles. The zero-order valence-electron chi connectivity index (χ0n) is 9.71. The summed E-state index contributed by atoms with van der Waals surface area (Å²) in [7, 11) is 9.75. The third-order valence-electron chi connectivity index (χ3n) is 1.37. The number of ether oxygens (including phenoxy) is 1. The van der Waals surface area contributed by atoms with Crippen molar-refractivity contribution in [2.24, 2.45) is 0 Å². The summed E-state index contributed by atoms with van der Waals surface area (Å²) in [4.78, 5) is 21.2. The molecule has 0 aliphatic rings. The van der Waals surface area contributed by atoms with Crippen molar-refractivity contribution in [3.63, 3.8) is 0 Å². The van der Waals surface area contributed by atoms with Gasteiger partial charge in [-0.05, 0) is 12.1 Å². The Hall–Kier alpha value is -0.692. The smallest absolute Gasteiger partial charge is 0.693 e. The van der Waals surface area contributed by atoms with Crippen LogP contribution in [0, 0.1) is 0 Å². The first kappa shape index (κ1) is 26.8.